The molecule has 96 valence electrons. The van der Waals surface area contributed by atoms with Gasteiger partial charge < -0.3 is 10.6 Å². The van der Waals surface area contributed by atoms with Gasteiger partial charge in [0.25, 0.3) is 0 Å². The van der Waals surface area contributed by atoms with Crippen LogP contribution in [-0.2, 0) is 13.1 Å². The Morgan fingerprint density at radius 2 is 2.17 bits per heavy atom. The summed E-state index contributed by atoms with van der Waals surface area (Å²) in [4.78, 5) is 2.17. The molecule has 0 bridgehead atoms. The summed E-state index contributed by atoms with van der Waals surface area (Å²) >= 11 is 11.3. The highest BCUT2D eigenvalue weighted by atomic mass is 79.9. The van der Waals surface area contributed by atoms with E-state index in [9.17, 15) is 0 Å². The number of anilines is 1. The first kappa shape index (κ1) is 13.9. The third-order valence-electron chi connectivity index (χ3n) is 2.74. The Morgan fingerprint density at radius 1 is 1.39 bits per heavy atom. The first-order valence-corrected chi connectivity index (χ1v) is 7.57. The molecule has 2 nitrogen and oxygen atoms in total. The number of halogens is 2. The van der Waals surface area contributed by atoms with E-state index in [1.54, 1.807) is 11.3 Å². The molecule has 2 rings (SSSR count). The topological polar surface area (TPSA) is 29.3 Å². The molecule has 0 aliphatic carbocycles. The van der Waals surface area contributed by atoms with E-state index >= 15 is 0 Å². The highest BCUT2D eigenvalue weighted by molar-refractivity contribution is 9.11. The van der Waals surface area contributed by atoms with Crippen molar-refractivity contribution in [3.8, 4) is 0 Å². The summed E-state index contributed by atoms with van der Waals surface area (Å²) in [6.07, 6.45) is 0. The largest absolute Gasteiger partial charge is 0.370 e. The van der Waals surface area contributed by atoms with Crippen LogP contribution >= 0.6 is 38.9 Å². The minimum absolute atomic E-state index is 0.473. The zero-order chi connectivity index (χ0) is 13.1. The van der Waals surface area contributed by atoms with Gasteiger partial charge in [0.15, 0.2) is 0 Å². The lowest BCUT2D eigenvalue weighted by Crippen LogP contribution is -2.16. The van der Waals surface area contributed by atoms with Gasteiger partial charge in [0.05, 0.1) is 3.79 Å². The van der Waals surface area contributed by atoms with Gasteiger partial charge in [-0.2, -0.15) is 0 Å². The van der Waals surface area contributed by atoms with Gasteiger partial charge in [0, 0.05) is 30.8 Å². The monoisotopic (exact) mass is 344 g/mol. The standard InChI is InChI=1S/C13H14BrClN2S/c1-17(7-9-4-13(14)18-8-9)11-3-2-10(6-16)12(15)5-11/h2-5,8H,6-7,16H2,1H3. The maximum absolute atomic E-state index is 6.17. The molecule has 0 fully saturated rings. The van der Waals surface area contributed by atoms with Crippen molar-refractivity contribution in [2.75, 3.05) is 11.9 Å². The van der Waals surface area contributed by atoms with E-state index in [4.69, 9.17) is 17.3 Å². The van der Waals surface area contributed by atoms with Crippen LogP contribution < -0.4 is 10.6 Å². The summed E-state index contributed by atoms with van der Waals surface area (Å²) in [6.45, 7) is 1.33. The molecule has 0 aliphatic heterocycles. The number of rotatable bonds is 4. The molecule has 18 heavy (non-hydrogen) atoms. The van der Waals surface area contributed by atoms with E-state index in [0.29, 0.717) is 6.54 Å². The van der Waals surface area contributed by atoms with Gasteiger partial charge in [-0.15, -0.1) is 11.3 Å². The molecular weight excluding hydrogens is 332 g/mol. The predicted octanol–water partition coefficient (Wildman–Crippen LogP) is 4.26. The second kappa shape index (κ2) is 6.06. The van der Waals surface area contributed by atoms with Crippen molar-refractivity contribution in [1.82, 2.24) is 0 Å². The summed E-state index contributed by atoms with van der Waals surface area (Å²) in [6, 6.07) is 8.13. The first-order chi connectivity index (χ1) is 8.60. The van der Waals surface area contributed by atoms with Crippen LogP contribution in [0.4, 0.5) is 5.69 Å². The van der Waals surface area contributed by atoms with Crippen LogP contribution in [0.1, 0.15) is 11.1 Å². The number of nitrogens with zero attached hydrogens (tertiary/aromatic N) is 1. The molecule has 5 heteroatoms. The Balaban J connectivity index is 2.13. The summed E-state index contributed by atoms with van der Waals surface area (Å²) < 4.78 is 1.16. The highest BCUT2D eigenvalue weighted by Gasteiger charge is 2.06. The number of hydrogen-bond acceptors (Lipinski definition) is 3. The molecule has 1 aromatic carbocycles. The zero-order valence-corrected chi connectivity index (χ0v) is 13.1. The lowest BCUT2D eigenvalue weighted by Gasteiger charge is -2.19. The minimum atomic E-state index is 0.473. The lowest BCUT2D eigenvalue weighted by atomic mass is 10.2. The van der Waals surface area contributed by atoms with Gasteiger partial charge in [0.1, 0.15) is 0 Å². The second-order valence-electron chi connectivity index (χ2n) is 4.09. The summed E-state index contributed by atoms with van der Waals surface area (Å²) in [7, 11) is 2.05. The van der Waals surface area contributed by atoms with Crippen molar-refractivity contribution >= 4 is 44.6 Å². The van der Waals surface area contributed by atoms with E-state index in [1.807, 2.05) is 12.1 Å². The maximum atomic E-state index is 6.17. The Hall–Kier alpha value is -0.550. The van der Waals surface area contributed by atoms with Crippen molar-refractivity contribution in [3.63, 3.8) is 0 Å². The van der Waals surface area contributed by atoms with E-state index < -0.39 is 0 Å². The SMILES string of the molecule is CN(Cc1csc(Br)c1)c1ccc(CN)c(Cl)c1. The second-order valence-corrected chi connectivity index (χ2v) is 6.79. The number of nitrogens with two attached hydrogens (primary N) is 1. The van der Waals surface area contributed by atoms with E-state index in [2.05, 4.69) is 45.4 Å². The average molecular weight is 346 g/mol. The molecule has 0 unspecified atom stereocenters. The molecule has 1 aromatic heterocycles. The Bertz CT molecular complexity index is 542. The molecule has 0 saturated carbocycles. The quantitative estimate of drug-likeness (QED) is 0.897. The average Bonchev–Trinajstić information content (AvgIpc) is 2.74. The van der Waals surface area contributed by atoms with Crippen LogP contribution in [0.3, 0.4) is 0 Å². The summed E-state index contributed by atoms with van der Waals surface area (Å²) in [5.74, 6) is 0. The van der Waals surface area contributed by atoms with Gasteiger partial charge in [-0.3, -0.25) is 0 Å². The lowest BCUT2D eigenvalue weighted by molar-refractivity contribution is 0.925. The molecule has 2 N–H and O–H groups in total. The van der Waals surface area contributed by atoms with Crippen molar-refractivity contribution in [2.24, 2.45) is 5.73 Å². The Labute approximate surface area is 124 Å². The van der Waals surface area contributed by atoms with Crippen LogP contribution in [-0.4, -0.2) is 7.05 Å². The molecule has 0 aliphatic rings. The minimum Gasteiger partial charge on any atom is -0.370 e. The van der Waals surface area contributed by atoms with Gasteiger partial charge in [0.2, 0.25) is 0 Å². The van der Waals surface area contributed by atoms with Crippen LogP contribution in [0.5, 0.6) is 0 Å². The van der Waals surface area contributed by atoms with Crippen molar-refractivity contribution in [1.29, 1.82) is 0 Å². The van der Waals surface area contributed by atoms with Crippen LogP contribution in [0.15, 0.2) is 33.4 Å². The highest BCUT2D eigenvalue weighted by Crippen LogP contribution is 2.26. The normalized spacial score (nSPS) is 10.7. The van der Waals surface area contributed by atoms with E-state index in [-0.39, 0.29) is 0 Å². The third kappa shape index (κ3) is 3.26. The van der Waals surface area contributed by atoms with Crippen molar-refractivity contribution in [2.45, 2.75) is 13.1 Å². The van der Waals surface area contributed by atoms with Crippen LogP contribution in [0, 0.1) is 0 Å². The molecule has 0 amide bonds. The number of benzene rings is 1. The predicted molar refractivity (Wildman–Crippen MR) is 83.5 cm³/mol. The van der Waals surface area contributed by atoms with Crippen LogP contribution in [0.25, 0.3) is 0 Å². The number of thiophene rings is 1. The fourth-order valence-corrected chi connectivity index (χ4v) is 3.19. The van der Waals surface area contributed by atoms with Gasteiger partial charge in [-0.25, -0.2) is 0 Å². The molecule has 0 radical (unpaired) electrons. The van der Waals surface area contributed by atoms with Crippen LogP contribution in [0.2, 0.25) is 5.02 Å². The fraction of sp³-hybridized carbons (Fsp3) is 0.231. The molecule has 0 atom stereocenters. The summed E-state index contributed by atoms with van der Waals surface area (Å²) in [5, 5.41) is 2.88. The Kier molecular flexibility index (Phi) is 4.67. The zero-order valence-electron chi connectivity index (χ0n) is 9.99. The molecule has 0 spiro atoms. The molecule has 1 heterocycles. The molecule has 0 saturated heterocycles. The smallest absolute Gasteiger partial charge is 0.0701 e. The third-order valence-corrected chi connectivity index (χ3v) is 4.64. The molecule has 2 aromatic rings. The van der Waals surface area contributed by atoms with E-state index in [1.165, 1.54) is 5.56 Å². The van der Waals surface area contributed by atoms with Gasteiger partial charge >= 0.3 is 0 Å². The summed E-state index contributed by atoms with van der Waals surface area (Å²) in [5.41, 5.74) is 8.96. The van der Waals surface area contributed by atoms with Crippen molar-refractivity contribution in [3.05, 3.63) is 49.6 Å². The number of hydrogen-bond donors (Lipinski definition) is 1. The first-order valence-electron chi connectivity index (χ1n) is 5.52. The van der Waals surface area contributed by atoms with Crippen molar-refractivity contribution < 1.29 is 0 Å². The van der Waals surface area contributed by atoms with Gasteiger partial charge in [-0.05, 0) is 50.6 Å². The Morgan fingerprint density at radius 3 is 2.72 bits per heavy atom. The molecular formula is C13H14BrClN2S. The van der Waals surface area contributed by atoms with E-state index in [0.717, 1.165) is 26.6 Å². The maximum Gasteiger partial charge on any atom is 0.0701 e. The van der Waals surface area contributed by atoms with Gasteiger partial charge in [-0.1, -0.05) is 17.7 Å². The fourth-order valence-electron chi connectivity index (χ4n) is 1.73.